The topological polar surface area (TPSA) is 47.6 Å². The molecule has 0 saturated heterocycles. The lowest BCUT2D eigenvalue weighted by Crippen LogP contribution is -1.64. The molecule has 13 heavy (non-hydrogen) atoms. The van der Waals surface area contributed by atoms with Gasteiger partial charge in [0, 0.05) is 5.54 Å². The Hall–Kier alpha value is -1.77. The minimum absolute atomic E-state index is 1.13. The Morgan fingerprint density at radius 1 is 1.08 bits per heavy atom. The first kappa shape index (κ1) is 11.2. The molecule has 0 aromatic heterocycles. The molecule has 0 aliphatic rings. The van der Waals surface area contributed by atoms with Crippen molar-refractivity contribution in [1.82, 2.24) is 0 Å². The fraction of sp³-hybridized carbons (Fsp3) is 0. The van der Waals surface area contributed by atoms with Crippen molar-refractivity contribution in [2.45, 2.75) is 0 Å². The van der Waals surface area contributed by atoms with Gasteiger partial charge in [-0.1, -0.05) is 41.9 Å². The normalized spacial score (nSPS) is 7.92. The molecule has 0 bridgehead atoms. The van der Waals surface area contributed by atoms with Gasteiger partial charge in [0.05, 0.1) is 0 Å². The van der Waals surface area contributed by atoms with Crippen LogP contribution in [-0.4, -0.2) is 0 Å². The van der Waals surface area contributed by atoms with Gasteiger partial charge in [-0.05, 0) is 11.6 Å². The van der Waals surface area contributed by atoms with E-state index in [-0.39, 0.29) is 0 Å². The van der Waals surface area contributed by atoms with E-state index in [0.717, 1.165) is 5.56 Å². The Labute approximate surface area is 82.3 Å². The molecule has 1 aromatic carbocycles. The fourth-order valence-electron chi connectivity index (χ4n) is 0.637. The minimum Gasteiger partial charge on any atom is -0.181 e. The zero-order valence-electron chi connectivity index (χ0n) is 6.81. The van der Waals surface area contributed by atoms with Crippen LogP contribution in [0.5, 0.6) is 0 Å². The molecule has 1 rings (SSSR count). The van der Waals surface area contributed by atoms with Crippen LogP contribution in [0, 0.1) is 22.7 Å². The van der Waals surface area contributed by atoms with Gasteiger partial charge in [0.15, 0.2) is 12.1 Å². The van der Waals surface area contributed by atoms with Gasteiger partial charge in [0.2, 0.25) is 0 Å². The van der Waals surface area contributed by atoms with Crippen LogP contribution in [0.15, 0.2) is 35.9 Å². The standard InChI is InChI=1S/C8H7Cl.C2N2/c9-7-6-8-4-2-1-3-5-8;3-1-2-4/h1-7H;. The fourth-order valence-corrected chi connectivity index (χ4v) is 0.782. The quantitative estimate of drug-likeness (QED) is 0.684. The first-order chi connectivity index (χ1) is 6.35. The van der Waals surface area contributed by atoms with Gasteiger partial charge in [-0.2, -0.15) is 10.5 Å². The number of nitrogens with zero attached hydrogens (tertiary/aromatic N) is 2. The highest BCUT2D eigenvalue weighted by molar-refractivity contribution is 6.27. The monoisotopic (exact) mass is 190 g/mol. The maximum absolute atomic E-state index is 7.26. The van der Waals surface area contributed by atoms with Crippen LogP contribution in [0.4, 0.5) is 0 Å². The lowest BCUT2D eigenvalue weighted by Gasteiger charge is -1.86. The predicted octanol–water partition coefficient (Wildman–Crippen LogP) is 2.93. The third-order valence-corrected chi connectivity index (χ3v) is 1.23. The van der Waals surface area contributed by atoms with E-state index < -0.39 is 0 Å². The van der Waals surface area contributed by atoms with Gasteiger partial charge in [-0.15, -0.1) is 0 Å². The van der Waals surface area contributed by atoms with E-state index in [1.54, 1.807) is 0 Å². The molecule has 0 spiro atoms. The highest BCUT2D eigenvalue weighted by Gasteiger charge is 1.78. The van der Waals surface area contributed by atoms with Gasteiger partial charge < -0.3 is 0 Å². The van der Waals surface area contributed by atoms with E-state index in [1.807, 2.05) is 36.4 Å². The van der Waals surface area contributed by atoms with Crippen LogP contribution in [0.25, 0.3) is 6.08 Å². The number of halogens is 1. The minimum atomic E-state index is 1.13. The third-order valence-electron chi connectivity index (χ3n) is 1.11. The molecule has 0 aliphatic carbocycles. The Kier molecular flexibility index (Phi) is 7.19. The second kappa shape index (κ2) is 8.33. The summed E-state index contributed by atoms with van der Waals surface area (Å²) in [7, 11) is 0. The Balaban J connectivity index is 0.000000310. The Morgan fingerprint density at radius 2 is 1.62 bits per heavy atom. The zero-order chi connectivity index (χ0) is 9.94. The maximum Gasteiger partial charge on any atom is 0.181 e. The van der Waals surface area contributed by atoms with E-state index >= 15 is 0 Å². The summed E-state index contributed by atoms with van der Waals surface area (Å²) in [6.07, 6.45) is 1.85. The molecule has 0 fully saturated rings. The molecule has 0 saturated carbocycles. The third kappa shape index (κ3) is 6.62. The average molecular weight is 191 g/mol. The van der Waals surface area contributed by atoms with Gasteiger partial charge in [-0.25, -0.2) is 0 Å². The first-order valence-electron chi connectivity index (χ1n) is 3.45. The number of benzene rings is 1. The van der Waals surface area contributed by atoms with Gasteiger partial charge in [0.1, 0.15) is 0 Å². The summed E-state index contributed by atoms with van der Waals surface area (Å²) >= 11 is 5.36. The summed E-state index contributed by atoms with van der Waals surface area (Å²) in [4.78, 5) is 0. The number of hydrogen-bond acceptors (Lipinski definition) is 2. The molecule has 0 radical (unpaired) electrons. The predicted molar refractivity (Wildman–Crippen MR) is 52.6 cm³/mol. The number of rotatable bonds is 1. The summed E-state index contributed by atoms with van der Waals surface area (Å²) in [6, 6.07) is 12.4. The second-order valence-corrected chi connectivity index (χ2v) is 2.18. The molecule has 0 heterocycles. The van der Waals surface area contributed by atoms with Crippen LogP contribution >= 0.6 is 11.6 Å². The summed E-state index contributed by atoms with van der Waals surface area (Å²) in [6.45, 7) is 0. The van der Waals surface area contributed by atoms with Crippen molar-refractivity contribution in [1.29, 1.82) is 10.5 Å². The lowest BCUT2D eigenvalue weighted by atomic mass is 10.2. The Bertz CT molecular complexity index is 318. The molecular formula is C10H7ClN2. The van der Waals surface area contributed by atoms with Crippen molar-refractivity contribution < 1.29 is 0 Å². The molecule has 2 nitrogen and oxygen atoms in total. The van der Waals surface area contributed by atoms with Crippen LogP contribution in [0.1, 0.15) is 5.56 Å². The summed E-state index contributed by atoms with van der Waals surface area (Å²) in [5.41, 5.74) is 2.64. The Morgan fingerprint density at radius 3 is 2.00 bits per heavy atom. The van der Waals surface area contributed by atoms with E-state index in [2.05, 4.69) is 0 Å². The number of hydrogen-bond donors (Lipinski definition) is 0. The second-order valence-electron chi connectivity index (χ2n) is 1.93. The zero-order valence-corrected chi connectivity index (χ0v) is 7.57. The van der Waals surface area contributed by atoms with Crippen LogP contribution in [0.3, 0.4) is 0 Å². The van der Waals surface area contributed by atoms with E-state index in [4.69, 9.17) is 22.1 Å². The van der Waals surface area contributed by atoms with E-state index in [1.165, 1.54) is 17.7 Å². The van der Waals surface area contributed by atoms with Crippen molar-refractivity contribution in [3.8, 4) is 12.1 Å². The van der Waals surface area contributed by atoms with Gasteiger partial charge in [0.25, 0.3) is 0 Å². The van der Waals surface area contributed by atoms with Crippen molar-refractivity contribution in [3.63, 3.8) is 0 Å². The van der Waals surface area contributed by atoms with Crippen LogP contribution < -0.4 is 0 Å². The molecule has 0 amide bonds. The summed E-state index contributed by atoms with van der Waals surface area (Å²) < 4.78 is 0. The molecule has 3 heteroatoms. The highest BCUT2D eigenvalue weighted by atomic mass is 35.5. The van der Waals surface area contributed by atoms with E-state index in [0.29, 0.717) is 0 Å². The molecule has 0 N–H and O–H groups in total. The largest absolute Gasteiger partial charge is 0.181 e. The molecular weight excluding hydrogens is 184 g/mol. The van der Waals surface area contributed by atoms with Crippen molar-refractivity contribution >= 4 is 17.7 Å². The van der Waals surface area contributed by atoms with Crippen LogP contribution in [0.2, 0.25) is 0 Å². The average Bonchev–Trinajstić information content (AvgIpc) is 2.20. The first-order valence-corrected chi connectivity index (χ1v) is 3.88. The number of nitriles is 2. The van der Waals surface area contributed by atoms with Crippen molar-refractivity contribution in [2.75, 3.05) is 0 Å². The molecule has 64 valence electrons. The van der Waals surface area contributed by atoms with Crippen molar-refractivity contribution in [2.24, 2.45) is 0 Å². The van der Waals surface area contributed by atoms with Gasteiger partial charge >= 0.3 is 0 Å². The molecule has 1 aromatic rings. The summed E-state index contributed by atoms with van der Waals surface area (Å²) in [5, 5.41) is 14.5. The molecule has 0 aliphatic heterocycles. The SMILES string of the molecule is ClC=Cc1ccccc1.N#CC#N. The maximum atomic E-state index is 7.26. The summed E-state index contributed by atoms with van der Waals surface area (Å²) in [5.74, 6) is 0. The molecule has 0 atom stereocenters. The highest BCUT2D eigenvalue weighted by Crippen LogP contribution is 2.00. The van der Waals surface area contributed by atoms with Crippen LogP contribution in [-0.2, 0) is 0 Å². The lowest BCUT2D eigenvalue weighted by molar-refractivity contribution is 1.49. The van der Waals surface area contributed by atoms with Gasteiger partial charge in [-0.3, -0.25) is 0 Å². The smallest absolute Gasteiger partial charge is 0.181 e. The molecule has 0 unspecified atom stereocenters. The van der Waals surface area contributed by atoms with E-state index in [9.17, 15) is 0 Å². The van der Waals surface area contributed by atoms with Crippen molar-refractivity contribution in [3.05, 3.63) is 41.4 Å².